The Hall–Kier alpha value is -0.160. The molecule has 0 aliphatic carbocycles. The fraction of sp³-hybridized carbons (Fsp3) is 1.00. The summed E-state index contributed by atoms with van der Waals surface area (Å²) in [5.74, 6) is 0.869. The average molecular weight is 266 g/mol. The van der Waals surface area contributed by atoms with Crippen molar-refractivity contribution in [3.8, 4) is 0 Å². The van der Waals surface area contributed by atoms with Crippen LogP contribution in [-0.4, -0.2) is 65.7 Å². The number of likely N-dealkylation sites (tertiary alicyclic amines) is 2. The van der Waals surface area contributed by atoms with Crippen molar-refractivity contribution in [1.29, 1.82) is 0 Å². The van der Waals surface area contributed by atoms with E-state index in [1.54, 1.807) is 0 Å². The number of rotatable bonds is 3. The van der Waals surface area contributed by atoms with E-state index in [4.69, 9.17) is 5.73 Å². The number of fused-ring (bicyclic) bond motifs is 1. The molecule has 4 nitrogen and oxygen atoms in total. The smallest absolute Gasteiger partial charge is 0.0332 e. The summed E-state index contributed by atoms with van der Waals surface area (Å²) in [5.41, 5.74) is 6.35. The molecule has 0 aromatic rings. The summed E-state index contributed by atoms with van der Waals surface area (Å²) in [6, 6.07) is 1.11. The Morgan fingerprint density at radius 3 is 2.05 bits per heavy atom. The van der Waals surface area contributed by atoms with Crippen molar-refractivity contribution < 1.29 is 0 Å². The molecular formula is C15H30N4. The minimum atomic E-state index is 0.182. The van der Waals surface area contributed by atoms with Gasteiger partial charge in [0.25, 0.3) is 0 Å². The van der Waals surface area contributed by atoms with Crippen molar-refractivity contribution in [3.05, 3.63) is 0 Å². The van der Waals surface area contributed by atoms with Crippen LogP contribution in [0, 0.1) is 5.92 Å². The lowest BCUT2D eigenvalue weighted by molar-refractivity contribution is -0.0651. The molecule has 2 unspecified atom stereocenters. The third kappa shape index (κ3) is 2.04. The highest BCUT2D eigenvalue weighted by atomic mass is 15.4. The van der Waals surface area contributed by atoms with Crippen molar-refractivity contribution >= 4 is 0 Å². The van der Waals surface area contributed by atoms with Crippen LogP contribution in [0.25, 0.3) is 0 Å². The van der Waals surface area contributed by atoms with Crippen molar-refractivity contribution in [1.82, 2.24) is 15.1 Å². The summed E-state index contributed by atoms with van der Waals surface area (Å²) in [6.45, 7) is 15.4. The minimum absolute atomic E-state index is 0.182. The number of nitrogens with zero attached hydrogens (tertiary/aromatic N) is 2. The highest BCUT2D eigenvalue weighted by Crippen LogP contribution is 2.39. The standard InChI is InChI=1S/C15H30N4/c1-14(2,15(3,4)19-8-12(16)9-19)18-7-11-5-6-17-13(11)10-18/h11-13,17H,5-10,16H2,1-4H3. The fourth-order valence-electron chi connectivity index (χ4n) is 4.05. The molecule has 3 aliphatic rings. The molecule has 2 atom stereocenters. The molecule has 3 fully saturated rings. The average Bonchev–Trinajstić information content (AvgIpc) is 2.84. The molecule has 0 radical (unpaired) electrons. The van der Waals surface area contributed by atoms with Crippen molar-refractivity contribution in [2.45, 2.75) is 57.3 Å². The van der Waals surface area contributed by atoms with E-state index in [9.17, 15) is 0 Å². The van der Waals surface area contributed by atoms with Crippen LogP contribution in [-0.2, 0) is 0 Å². The van der Waals surface area contributed by atoms with E-state index in [0.29, 0.717) is 6.04 Å². The lowest BCUT2D eigenvalue weighted by Crippen LogP contribution is -2.72. The van der Waals surface area contributed by atoms with E-state index >= 15 is 0 Å². The number of hydrogen-bond acceptors (Lipinski definition) is 4. The van der Waals surface area contributed by atoms with E-state index in [1.807, 2.05) is 0 Å². The first-order valence-electron chi connectivity index (χ1n) is 7.81. The SMILES string of the molecule is CC(C)(N1CC(N)C1)C(C)(C)N1CC2CCNC2C1. The first-order valence-corrected chi connectivity index (χ1v) is 7.81. The maximum atomic E-state index is 5.97. The van der Waals surface area contributed by atoms with Crippen LogP contribution in [0.4, 0.5) is 0 Å². The Kier molecular flexibility index (Phi) is 3.21. The fourth-order valence-corrected chi connectivity index (χ4v) is 4.05. The maximum absolute atomic E-state index is 5.97. The van der Waals surface area contributed by atoms with E-state index in [1.165, 1.54) is 26.1 Å². The highest BCUT2D eigenvalue weighted by molar-refractivity contribution is 5.10. The summed E-state index contributed by atoms with van der Waals surface area (Å²) in [4.78, 5) is 5.26. The Morgan fingerprint density at radius 2 is 1.53 bits per heavy atom. The zero-order valence-electron chi connectivity index (χ0n) is 12.9. The van der Waals surface area contributed by atoms with Gasteiger partial charge in [0.15, 0.2) is 0 Å². The van der Waals surface area contributed by atoms with Gasteiger partial charge in [0.2, 0.25) is 0 Å². The van der Waals surface area contributed by atoms with Gasteiger partial charge >= 0.3 is 0 Å². The predicted molar refractivity (Wildman–Crippen MR) is 79.2 cm³/mol. The Labute approximate surface area is 117 Å². The van der Waals surface area contributed by atoms with Gasteiger partial charge in [-0.1, -0.05) is 0 Å². The topological polar surface area (TPSA) is 44.5 Å². The van der Waals surface area contributed by atoms with E-state index in [2.05, 4.69) is 42.8 Å². The summed E-state index contributed by atoms with van der Waals surface area (Å²) < 4.78 is 0. The van der Waals surface area contributed by atoms with Crippen LogP contribution < -0.4 is 11.1 Å². The van der Waals surface area contributed by atoms with Crippen LogP contribution in [0.1, 0.15) is 34.1 Å². The molecule has 3 rings (SSSR count). The Morgan fingerprint density at radius 1 is 0.947 bits per heavy atom. The lowest BCUT2D eigenvalue weighted by Gasteiger charge is -2.58. The third-order valence-corrected chi connectivity index (χ3v) is 6.35. The lowest BCUT2D eigenvalue weighted by atomic mass is 9.77. The molecular weight excluding hydrogens is 236 g/mol. The molecule has 3 aliphatic heterocycles. The first-order chi connectivity index (χ1) is 8.82. The highest BCUT2D eigenvalue weighted by Gasteiger charge is 2.52. The second kappa shape index (κ2) is 4.42. The van der Waals surface area contributed by atoms with E-state index in [0.717, 1.165) is 25.0 Å². The van der Waals surface area contributed by atoms with Gasteiger partial charge in [-0.15, -0.1) is 0 Å². The van der Waals surface area contributed by atoms with Crippen LogP contribution >= 0.6 is 0 Å². The Balaban J connectivity index is 1.71. The number of nitrogens with two attached hydrogens (primary N) is 1. The predicted octanol–water partition coefficient (Wildman–Crippen LogP) is 0.480. The molecule has 0 saturated carbocycles. The first kappa shape index (κ1) is 13.8. The number of hydrogen-bond donors (Lipinski definition) is 2. The molecule has 3 saturated heterocycles. The molecule has 3 N–H and O–H groups in total. The van der Waals surface area contributed by atoms with E-state index < -0.39 is 0 Å². The molecule has 3 heterocycles. The van der Waals surface area contributed by atoms with Gasteiger partial charge in [-0.05, 0) is 46.6 Å². The van der Waals surface area contributed by atoms with Gasteiger partial charge in [-0.25, -0.2) is 0 Å². The second-order valence-electron chi connectivity index (χ2n) is 7.80. The van der Waals surface area contributed by atoms with Gasteiger partial charge in [0.1, 0.15) is 0 Å². The zero-order valence-corrected chi connectivity index (χ0v) is 12.9. The van der Waals surface area contributed by atoms with Gasteiger partial charge < -0.3 is 11.1 Å². The second-order valence-corrected chi connectivity index (χ2v) is 7.80. The molecule has 19 heavy (non-hydrogen) atoms. The molecule has 0 bridgehead atoms. The molecule has 0 aromatic carbocycles. The molecule has 0 spiro atoms. The van der Waals surface area contributed by atoms with E-state index in [-0.39, 0.29) is 11.1 Å². The van der Waals surface area contributed by atoms with Crippen molar-refractivity contribution in [2.24, 2.45) is 11.7 Å². The molecule has 110 valence electrons. The van der Waals surface area contributed by atoms with Gasteiger partial charge in [-0.3, -0.25) is 9.80 Å². The normalized spacial score (nSPS) is 34.6. The van der Waals surface area contributed by atoms with Crippen LogP contribution in [0.2, 0.25) is 0 Å². The summed E-state index contributed by atoms with van der Waals surface area (Å²) in [6.07, 6.45) is 1.35. The monoisotopic (exact) mass is 266 g/mol. The molecule has 0 amide bonds. The quantitative estimate of drug-likeness (QED) is 0.780. The van der Waals surface area contributed by atoms with Crippen LogP contribution in [0.15, 0.2) is 0 Å². The molecule has 0 aromatic heterocycles. The largest absolute Gasteiger partial charge is 0.325 e. The van der Waals surface area contributed by atoms with Crippen LogP contribution in [0.3, 0.4) is 0 Å². The summed E-state index contributed by atoms with van der Waals surface area (Å²) in [5, 5.41) is 3.66. The van der Waals surface area contributed by atoms with Gasteiger partial charge in [0.05, 0.1) is 0 Å². The third-order valence-electron chi connectivity index (χ3n) is 6.35. The number of nitrogens with one attached hydrogen (secondary N) is 1. The van der Waals surface area contributed by atoms with Crippen molar-refractivity contribution in [3.63, 3.8) is 0 Å². The summed E-state index contributed by atoms with van der Waals surface area (Å²) >= 11 is 0. The summed E-state index contributed by atoms with van der Waals surface area (Å²) in [7, 11) is 0. The van der Waals surface area contributed by atoms with Crippen LogP contribution in [0.5, 0.6) is 0 Å². The minimum Gasteiger partial charge on any atom is -0.325 e. The zero-order chi connectivity index (χ0) is 13.8. The maximum Gasteiger partial charge on any atom is 0.0332 e. The van der Waals surface area contributed by atoms with Gasteiger partial charge in [-0.2, -0.15) is 0 Å². The van der Waals surface area contributed by atoms with Gasteiger partial charge in [0, 0.05) is 49.3 Å². The van der Waals surface area contributed by atoms with Crippen molar-refractivity contribution in [2.75, 3.05) is 32.7 Å². The molecule has 4 heteroatoms. The Bertz CT molecular complexity index is 334.